The van der Waals surface area contributed by atoms with Crippen LogP contribution in [0.25, 0.3) is 0 Å². The molecule has 2 unspecified atom stereocenters. The van der Waals surface area contributed by atoms with Gasteiger partial charge in [0.2, 0.25) is 0 Å². The zero-order valence-corrected chi connectivity index (χ0v) is 18.2. The first-order valence-electron chi connectivity index (χ1n) is 7.83. The Hall–Kier alpha value is -0.418. The minimum atomic E-state index is 0. The van der Waals surface area contributed by atoms with Crippen molar-refractivity contribution in [2.45, 2.75) is 39.5 Å². The molecular formula is C16H25ClCrN4P2. The Labute approximate surface area is 164 Å². The number of halogens is 1. The summed E-state index contributed by atoms with van der Waals surface area (Å²) in [5.41, 5.74) is 2.44. The first-order valence-corrected chi connectivity index (χ1v) is 9.83. The maximum absolute atomic E-state index is 4.48. The summed E-state index contributed by atoms with van der Waals surface area (Å²) in [5.74, 6) is 0. The predicted octanol–water partition coefficient (Wildman–Crippen LogP) is -0.663. The second kappa shape index (κ2) is 13.8. The van der Waals surface area contributed by atoms with E-state index in [0.717, 1.165) is 29.5 Å². The average Bonchev–Trinajstić information content (AvgIpc) is 3.09. The topological polar surface area (TPSA) is 52.1 Å². The number of hydrogen-bond acceptors (Lipinski definition) is 3. The third-order valence-electron chi connectivity index (χ3n) is 3.29. The Morgan fingerprint density at radius 2 is 1.62 bits per heavy atom. The number of rotatable bonds is 9. The van der Waals surface area contributed by atoms with Crippen molar-refractivity contribution >= 4 is 28.8 Å². The van der Waals surface area contributed by atoms with Gasteiger partial charge >= 0.3 is 0 Å². The number of aryl methyl sites for hydroxylation is 2. The fourth-order valence-corrected chi connectivity index (χ4v) is 3.83. The molecule has 0 saturated carbocycles. The average molecular weight is 423 g/mol. The van der Waals surface area contributed by atoms with E-state index in [0.29, 0.717) is 0 Å². The molecule has 0 fully saturated rings. The minimum absolute atomic E-state index is 0. The van der Waals surface area contributed by atoms with Crippen molar-refractivity contribution in [2.24, 2.45) is 4.99 Å². The van der Waals surface area contributed by atoms with Gasteiger partial charge in [-0.2, -0.15) is 0 Å². The Morgan fingerprint density at radius 1 is 1.00 bits per heavy atom. The van der Waals surface area contributed by atoms with E-state index in [1.807, 2.05) is 18.6 Å². The Kier molecular flexibility index (Phi) is 13.6. The fraction of sp³-hybridized carbons (Fsp3) is 0.500. The maximum atomic E-state index is 4.48. The van der Waals surface area contributed by atoms with Gasteiger partial charge < -0.3 is 12.4 Å². The third-order valence-corrected chi connectivity index (χ3v) is 5.38. The van der Waals surface area contributed by atoms with Crippen LogP contribution in [0, 0.1) is 13.8 Å². The van der Waals surface area contributed by atoms with Gasteiger partial charge in [-0.05, 0) is 26.7 Å². The van der Waals surface area contributed by atoms with Gasteiger partial charge in [0.05, 0.1) is 16.1 Å². The molecule has 0 aliphatic rings. The standard InChI is InChI=1S/C16H24N4P2.ClH.Cr/c1-13-19-11-15(21-13)9-17-7-5-3-4-6-8-18-10-16-12-20-14(2)22-16;;/h9-12,21-22H,3-8H2,1-2H3;1H;. The molecule has 2 aromatic heterocycles. The molecule has 2 atom stereocenters. The van der Waals surface area contributed by atoms with Crippen molar-refractivity contribution in [2.75, 3.05) is 13.1 Å². The van der Waals surface area contributed by atoms with Crippen LogP contribution in [0.5, 0.6) is 0 Å². The molecule has 0 aliphatic heterocycles. The normalized spacial score (nSPS) is 11.6. The van der Waals surface area contributed by atoms with Crippen molar-refractivity contribution in [3.05, 3.63) is 33.8 Å². The van der Waals surface area contributed by atoms with Crippen molar-refractivity contribution in [1.29, 1.82) is 0 Å². The molecule has 4 nitrogen and oxygen atoms in total. The molecule has 2 heterocycles. The molecule has 1 N–H and O–H groups in total. The monoisotopic (exact) mass is 422 g/mol. The van der Waals surface area contributed by atoms with Gasteiger partial charge in [0.1, 0.15) is 6.54 Å². The summed E-state index contributed by atoms with van der Waals surface area (Å²) in [4.78, 5) is 16.4. The summed E-state index contributed by atoms with van der Waals surface area (Å²) in [7, 11) is 1.47. The van der Waals surface area contributed by atoms with Gasteiger partial charge in [-0.25, -0.2) is 4.99 Å². The summed E-state index contributed by atoms with van der Waals surface area (Å²) < 4.78 is 0. The number of aromatic nitrogens is 2. The van der Waals surface area contributed by atoms with Crippen LogP contribution < -0.4 is 17.4 Å². The van der Waals surface area contributed by atoms with E-state index < -0.39 is 0 Å². The second-order valence-corrected chi connectivity index (χ2v) is 8.50. The van der Waals surface area contributed by atoms with E-state index in [2.05, 4.69) is 40.0 Å². The largest absolute Gasteiger partial charge is 1.00 e. The van der Waals surface area contributed by atoms with E-state index in [4.69, 9.17) is 0 Å². The molecule has 0 radical (unpaired) electrons. The summed E-state index contributed by atoms with van der Waals surface area (Å²) in [5, 5.41) is 2.58. The quantitative estimate of drug-likeness (QED) is 0.431. The van der Waals surface area contributed by atoms with Crippen molar-refractivity contribution < 1.29 is 34.8 Å². The molecule has 132 valence electrons. The summed E-state index contributed by atoms with van der Waals surface area (Å²) in [6, 6.07) is 0. The summed E-state index contributed by atoms with van der Waals surface area (Å²) in [6.45, 7) is 6.13. The van der Waals surface area contributed by atoms with Crippen molar-refractivity contribution in [3.8, 4) is 0 Å². The number of aliphatic imine (C=N–C) groups is 1. The molecule has 0 saturated heterocycles. The SMILES string of the molecule is Cc1ncc(C=NCCCCCC[NH+]=Cc2cnc(C)[pH]2)[pH]1.[Cl-].[Cr]. The number of unbranched alkanes of at least 4 members (excludes halogenated alkanes) is 3. The minimum Gasteiger partial charge on any atom is -1.00 e. The smallest absolute Gasteiger partial charge is 0.174 e. The Bertz CT molecular complexity index is 571. The van der Waals surface area contributed by atoms with Crippen LogP contribution in [0.1, 0.15) is 47.1 Å². The van der Waals surface area contributed by atoms with Gasteiger partial charge in [-0.1, -0.05) is 6.42 Å². The summed E-state index contributed by atoms with van der Waals surface area (Å²) in [6.07, 6.45) is 12.9. The Balaban J connectivity index is 0.00000264. The predicted molar refractivity (Wildman–Crippen MR) is 98.9 cm³/mol. The second-order valence-electron chi connectivity index (χ2n) is 5.40. The molecule has 0 spiro atoms. The third kappa shape index (κ3) is 9.78. The molecule has 0 aliphatic carbocycles. The molecule has 8 heteroatoms. The maximum Gasteiger partial charge on any atom is 0.174 e. The molecule has 2 aromatic rings. The van der Waals surface area contributed by atoms with Crippen LogP contribution >= 0.6 is 16.4 Å². The molecule has 0 bridgehead atoms. The van der Waals surface area contributed by atoms with Gasteiger partial charge in [0, 0.05) is 54.2 Å². The van der Waals surface area contributed by atoms with Crippen LogP contribution in [0.15, 0.2) is 17.4 Å². The van der Waals surface area contributed by atoms with E-state index in [-0.39, 0.29) is 29.8 Å². The first kappa shape index (κ1) is 23.6. The zero-order valence-electron chi connectivity index (χ0n) is 14.2. The molecule has 0 amide bonds. The van der Waals surface area contributed by atoms with Gasteiger partial charge in [0.15, 0.2) is 6.21 Å². The van der Waals surface area contributed by atoms with E-state index >= 15 is 0 Å². The van der Waals surface area contributed by atoms with Crippen LogP contribution in [-0.4, -0.2) is 35.5 Å². The number of nitrogens with one attached hydrogen (secondary N) is 1. The van der Waals surface area contributed by atoms with E-state index in [1.54, 1.807) is 0 Å². The van der Waals surface area contributed by atoms with Crippen molar-refractivity contribution in [3.63, 3.8) is 0 Å². The molecule has 24 heavy (non-hydrogen) atoms. The summed E-state index contributed by atoms with van der Waals surface area (Å²) >= 11 is 0. The van der Waals surface area contributed by atoms with E-state index in [9.17, 15) is 0 Å². The fourth-order valence-electron chi connectivity index (χ4n) is 2.15. The zero-order chi connectivity index (χ0) is 15.6. The number of nitrogens with zero attached hydrogens (tertiary/aromatic N) is 3. The van der Waals surface area contributed by atoms with Crippen LogP contribution in [0.4, 0.5) is 0 Å². The number of hydrogen-bond donors (Lipinski definition) is 1. The van der Waals surface area contributed by atoms with E-state index in [1.165, 1.54) is 47.1 Å². The molecule has 0 aromatic carbocycles. The molecule has 2 rings (SSSR count). The van der Waals surface area contributed by atoms with Crippen LogP contribution in [-0.2, 0) is 17.4 Å². The van der Waals surface area contributed by atoms with Gasteiger partial charge in [0.25, 0.3) is 0 Å². The van der Waals surface area contributed by atoms with Crippen LogP contribution in [0.3, 0.4) is 0 Å². The van der Waals surface area contributed by atoms with Gasteiger partial charge in [-0.15, -0.1) is 16.4 Å². The first-order chi connectivity index (χ1) is 10.7. The van der Waals surface area contributed by atoms with Crippen molar-refractivity contribution in [1.82, 2.24) is 9.97 Å². The van der Waals surface area contributed by atoms with Gasteiger partial charge in [-0.3, -0.25) is 15.0 Å². The molecular weight excluding hydrogens is 398 g/mol. The Morgan fingerprint density at radius 3 is 2.25 bits per heavy atom. The van der Waals surface area contributed by atoms with Crippen LogP contribution in [0.2, 0.25) is 0 Å².